The summed E-state index contributed by atoms with van der Waals surface area (Å²) in [5, 5.41) is 5.24. The summed E-state index contributed by atoms with van der Waals surface area (Å²) in [5.41, 5.74) is 3.18. The van der Waals surface area contributed by atoms with E-state index >= 15 is 0 Å². The molecule has 0 aliphatic rings. The quantitative estimate of drug-likeness (QED) is 0.602. The molecule has 2 aromatic rings. The van der Waals surface area contributed by atoms with Gasteiger partial charge in [-0.1, -0.05) is 48.5 Å². The van der Waals surface area contributed by atoms with Gasteiger partial charge in [0.15, 0.2) is 0 Å². The lowest BCUT2D eigenvalue weighted by atomic mass is 10.0. The van der Waals surface area contributed by atoms with Gasteiger partial charge in [-0.05, 0) is 35.8 Å². The highest BCUT2D eigenvalue weighted by molar-refractivity contribution is 5.91. The van der Waals surface area contributed by atoms with Crippen molar-refractivity contribution in [3.05, 3.63) is 66.2 Å². The van der Waals surface area contributed by atoms with E-state index in [1.165, 1.54) is 6.08 Å². The van der Waals surface area contributed by atoms with Crippen LogP contribution in [0, 0.1) is 0 Å². The third-order valence-corrected chi connectivity index (χ3v) is 3.39. The molecular weight excluding hydrogens is 316 g/mol. The maximum absolute atomic E-state index is 11.8. The Morgan fingerprint density at radius 2 is 1.68 bits per heavy atom. The third kappa shape index (κ3) is 6.51. The summed E-state index contributed by atoms with van der Waals surface area (Å²) in [6, 6.07) is 18.0. The molecule has 0 fully saturated rings. The molecule has 0 radical (unpaired) electrons. The number of amides is 2. The van der Waals surface area contributed by atoms with Crippen LogP contribution in [-0.4, -0.2) is 31.7 Å². The summed E-state index contributed by atoms with van der Waals surface area (Å²) >= 11 is 0. The van der Waals surface area contributed by atoms with Crippen molar-refractivity contribution < 1.29 is 14.3 Å². The summed E-state index contributed by atoms with van der Waals surface area (Å²) in [5.74, 6) is -0.212. The van der Waals surface area contributed by atoms with E-state index in [2.05, 4.69) is 10.6 Å². The predicted octanol–water partition coefficient (Wildman–Crippen LogP) is 3.23. The summed E-state index contributed by atoms with van der Waals surface area (Å²) in [7, 11) is 0. The van der Waals surface area contributed by atoms with Crippen molar-refractivity contribution in [2.75, 3.05) is 19.7 Å². The molecule has 2 amide bonds. The van der Waals surface area contributed by atoms with Gasteiger partial charge in [-0.3, -0.25) is 4.79 Å². The minimum atomic E-state index is -0.481. The molecular formula is C20H22N2O3. The van der Waals surface area contributed by atoms with Gasteiger partial charge in [-0.15, -0.1) is 0 Å². The summed E-state index contributed by atoms with van der Waals surface area (Å²) in [4.78, 5) is 22.9. The Morgan fingerprint density at radius 1 is 0.960 bits per heavy atom. The van der Waals surface area contributed by atoms with E-state index in [9.17, 15) is 9.59 Å². The normalized spacial score (nSPS) is 10.4. The zero-order valence-corrected chi connectivity index (χ0v) is 14.2. The number of carbonyl (C=O) groups is 2. The van der Waals surface area contributed by atoms with Crippen LogP contribution in [-0.2, 0) is 9.53 Å². The van der Waals surface area contributed by atoms with Crippen LogP contribution >= 0.6 is 0 Å². The van der Waals surface area contributed by atoms with Crippen molar-refractivity contribution in [1.29, 1.82) is 0 Å². The Kier molecular flexibility index (Phi) is 7.25. The van der Waals surface area contributed by atoms with Gasteiger partial charge < -0.3 is 15.4 Å². The van der Waals surface area contributed by atoms with E-state index in [0.29, 0.717) is 19.7 Å². The van der Waals surface area contributed by atoms with Gasteiger partial charge in [0.05, 0.1) is 6.61 Å². The van der Waals surface area contributed by atoms with Crippen molar-refractivity contribution in [1.82, 2.24) is 10.6 Å². The van der Waals surface area contributed by atoms with Gasteiger partial charge in [0.1, 0.15) is 0 Å². The Balaban J connectivity index is 1.83. The topological polar surface area (TPSA) is 67.4 Å². The van der Waals surface area contributed by atoms with Gasteiger partial charge in [0, 0.05) is 19.2 Å². The van der Waals surface area contributed by atoms with Gasteiger partial charge >= 0.3 is 6.09 Å². The fraction of sp³-hybridized carbons (Fsp3) is 0.200. The summed E-state index contributed by atoms with van der Waals surface area (Å²) in [6.07, 6.45) is 2.76. The van der Waals surface area contributed by atoms with Crippen LogP contribution in [0.5, 0.6) is 0 Å². The molecule has 0 heterocycles. The summed E-state index contributed by atoms with van der Waals surface area (Å²) in [6.45, 7) is 2.72. The Hall–Kier alpha value is -3.08. The average molecular weight is 338 g/mol. The molecule has 2 aromatic carbocycles. The van der Waals surface area contributed by atoms with E-state index in [0.717, 1.165) is 16.7 Å². The highest BCUT2D eigenvalue weighted by atomic mass is 16.5. The van der Waals surface area contributed by atoms with Gasteiger partial charge in [-0.2, -0.15) is 0 Å². The maximum Gasteiger partial charge on any atom is 0.407 e. The number of alkyl carbamates (subject to hydrolysis) is 1. The fourth-order valence-corrected chi connectivity index (χ4v) is 2.22. The Bertz CT molecular complexity index is 727. The van der Waals surface area contributed by atoms with Crippen molar-refractivity contribution in [2.45, 2.75) is 6.92 Å². The SMILES string of the molecule is CCOC(=O)NCCNC(=O)/C=C/c1cccc(-c2ccccc2)c1. The van der Waals surface area contributed by atoms with E-state index in [4.69, 9.17) is 4.74 Å². The second kappa shape index (κ2) is 9.93. The van der Waals surface area contributed by atoms with Gasteiger partial charge in [0.25, 0.3) is 0 Å². The van der Waals surface area contributed by atoms with Gasteiger partial charge in [-0.25, -0.2) is 4.79 Å². The molecule has 5 heteroatoms. The zero-order valence-electron chi connectivity index (χ0n) is 14.2. The molecule has 0 atom stereocenters. The lowest BCUT2D eigenvalue weighted by Crippen LogP contribution is -2.34. The molecule has 0 saturated heterocycles. The van der Waals surface area contributed by atoms with E-state index in [1.807, 2.05) is 54.6 Å². The van der Waals surface area contributed by atoms with Crippen LogP contribution in [0.3, 0.4) is 0 Å². The average Bonchev–Trinajstić information content (AvgIpc) is 2.65. The standard InChI is InChI=1S/C20H22N2O3/c1-2-25-20(24)22-14-13-21-19(23)12-11-16-7-6-10-18(15-16)17-8-4-3-5-9-17/h3-12,15H,2,13-14H2,1H3,(H,21,23)(H,22,24)/b12-11+. The van der Waals surface area contributed by atoms with Crippen LogP contribution in [0.2, 0.25) is 0 Å². The van der Waals surface area contributed by atoms with E-state index in [1.54, 1.807) is 13.0 Å². The molecule has 130 valence electrons. The number of benzene rings is 2. The van der Waals surface area contributed by atoms with Crippen LogP contribution in [0.15, 0.2) is 60.7 Å². The van der Waals surface area contributed by atoms with Crippen molar-refractivity contribution >= 4 is 18.1 Å². The molecule has 0 aliphatic heterocycles. The number of carbonyl (C=O) groups excluding carboxylic acids is 2. The van der Waals surface area contributed by atoms with Crippen LogP contribution in [0.25, 0.3) is 17.2 Å². The lowest BCUT2D eigenvalue weighted by Gasteiger charge is -2.05. The minimum absolute atomic E-state index is 0.212. The third-order valence-electron chi connectivity index (χ3n) is 3.39. The number of ether oxygens (including phenoxy) is 1. The molecule has 2 N–H and O–H groups in total. The second-order valence-electron chi connectivity index (χ2n) is 5.26. The first-order valence-corrected chi connectivity index (χ1v) is 8.21. The first-order valence-electron chi connectivity index (χ1n) is 8.21. The van der Waals surface area contributed by atoms with Crippen molar-refractivity contribution in [3.8, 4) is 11.1 Å². The molecule has 2 rings (SSSR count). The Labute approximate surface area is 147 Å². The molecule has 0 spiro atoms. The Morgan fingerprint density at radius 3 is 2.44 bits per heavy atom. The van der Waals surface area contributed by atoms with Crippen molar-refractivity contribution in [3.63, 3.8) is 0 Å². The molecule has 25 heavy (non-hydrogen) atoms. The first kappa shape index (κ1) is 18.3. The lowest BCUT2D eigenvalue weighted by molar-refractivity contribution is -0.116. The number of nitrogens with one attached hydrogen (secondary N) is 2. The largest absolute Gasteiger partial charge is 0.450 e. The first-order chi connectivity index (χ1) is 12.2. The molecule has 0 saturated carbocycles. The molecule has 0 bridgehead atoms. The minimum Gasteiger partial charge on any atom is -0.450 e. The number of hydrogen-bond donors (Lipinski definition) is 2. The fourth-order valence-electron chi connectivity index (χ4n) is 2.22. The predicted molar refractivity (Wildman–Crippen MR) is 98.9 cm³/mol. The van der Waals surface area contributed by atoms with Crippen LogP contribution < -0.4 is 10.6 Å². The second-order valence-corrected chi connectivity index (χ2v) is 5.26. The van der Waals surface area contributed by atoms with Crippen LogP contribution in [0.4, 0.5) is 4.79 Å². The van der Waals surface area contributed by atoms with Crippen molar-refractivity contribution in [2.24, 2.45) is 0 Å². The highest BCUT2D eigenvalue weighted by Gasteiger charge is 2.00. The van der Waals surface area contributed by atoms with E-state index in [-0.39, 0.29) is 5.91 Å². The maximum atomic E-state index is 11.8. The number of rotatable bonds is 7. The van der Waals surface area contributed by atoms with E-state index < -0.39 is 6.09 Å². The van der Waals surface area contributed by atoms with Crippen LogP contribution in [0.1, 0.15) is 12.5 Å². The molecule has 5 nitrogen and oxygen atoms in total. The molecule has 0 unspecified atom stereocenters. The highest BCUT2D eigenvalue weighted by Crippen LogP contribution is 2.20. The molecule has 0 aliphatic carbocycles. The zero-order chi connectivity index (χ0) is 17.9. The van der Waals surface area contributed by atoms with Gasteiger partial charge in [0.2, 0.25) is 5.91 Å². The summed E-state index contributed by atoms with van der Waals surface area (Å²) < 4.78 is 4.73. The smallest absolute Gasteiger partial charge is 0.407 e. The molecule has 0 aromatic heterocycles. The number of hydrogen-bond acceptors (Lipinski definition) is 3. The monoisotopic (exact) mass is 338 g/mol.